The molecule has 1 aromatic heterocycles. The summed E-state index contributed by atoms with van der Waals surface area (Å²) in [7, 11) is 0. The maximum atomic E-state index is 3.86. The molecule has 1 N–H and O–H groups in total. The predicted octanol–water partition coefficient (Wildman–Crippen LogP) is 3.11. The van der Waals surface area contributed by atoms with Crippen LogP contribution in [0.3, 0.4) is 0 Å². The molecule has 106 valence electrons. The fourth-order valence-electron chi connectivity index (χ4n) is 3.08. The smallest absolute Gasteiger partial charge is 0.119 e. The maximum absolute atomic E-state index is 3.86. The summed E-state index contributed by atoms with van der Waals surface area (Å²) >= 11 is 0. The van der Waals surface area contributed by atoms with Gasteiger partial charge in [-0.3, -0.25) is 0 Å². The second-order valence-electron chi connectivity index (χ2n) is 5.63. The average molecular weight is 262 g/mol. The largest absolute Gasteiger partial charge is 0.311 e. The summed E-state index contributed by atoms with van der Waals surface area (Å²) in [5.41, 5.74) is 0. The van der Waals surface area contributed by atoms with Crippen LogP contribution in [-0.4, -0.2) is 27.0 Å². The fourth-order valence-corrected chi connectivity index (χ4v) is 3.08. The zero-order valence-corrected chi connectivity index (χ0v) is 11.8. The third-order valence-electron chi connectivity index (χ3n) is 4.08. The van der Waals surface area contributed by atoms with Crippen LogP contribution in [-0.2, 0) is 0 Å². The highest BCUT2D eigenvalue weighted by molar-refractivity contribution is 4.79. The second kappa shape index (κ2) is 8.97. The molecule has 1 heterocycles. The molecule has 4 nitrogen and oxygen atoms in total. The molecule has 4 heteroatoms. The highest BCUT2D eigenvalue weighted by Crippen LogP contribution is 2.22. The van der Waals surface area contributed by atoms with Gasteiger partial charge in [-0.05, 0) is 25.7 Å². The monoisotopic (exact) mass is 262 g/mol. The van der Waals surface area contributed by atoms with Crippen LogP contribution in [0.15, 0.2) is 19.0 Å². The number of nitrogens with zero attached hydrogens (tertiary/aromatic N) is 3. The SMILES string of the molecule is C1CCC(NC2CCCCC2)CC1.c1ncncn1. The Morgan fingerprint density at radius 1 is 0.579 bits per heavy atom. The van der Waals surface area contributed by atoms with Gasteiger partial charge in [-0.15, -0.1) is 0 Å². The Bertz CT molecular complexity index is 262. The normalized spacial score (nSPS) is 21.5. The first-order valence-electron chi connectivity index (χ1n) is 7.76. The Balaban J connectivity index is 0.000000186. The molecule has 0 saturated heterocycles. The number of rotatable bonds is 2. The molecular weight excluding hydrogens is 236 g/mol. The molecule has 0 aliphatic heterocycles. The molecular formula is C15H26N4. The lowest BCUT2D eigenvalue weighted by molar-refractivity contribution is 0.291. The lowest BCUT2D eigenvalue weighted by Gasteiger charge is -2.30. The van der Waals surface area contributed by atoms with E-state index >= 15 is 0 Å². The van der Waals surface area contributed by atoms with E-state index in [0.29, 0.717) is 0 Å². The minimum atomic E-state index is 0.872. The van der Waals surface area contributed by atoms with E-state index in [2.05, 4.69) is 20.3 Å². The molecule has 2 aliphatic rings. The Hall–Kier alpha value is -1.03. The highest BCUT2D eigenvalue weighted by Gasteiger charge is 2.19. The van der Waals surface area contributed by atoms with E-state index in [9.17, 15) is 0 Å². The van der Waals surface area contributed by atoms with E-state index in [1.165, 1.54) is 83.2 Å². The Labute approximate surface area is 116 Å². The zero-order valence-electron chi connectivity index (χ0n) is 11.8. The van der Waals surface area contributed by atoms with Crippen LogP contribution in [0.25, 0.3) is 0 Å². The molecule has 2 saturated carbocycles. The molecule has 2 fully saturated rings. The van der Waals surface area contributed by atoms with Gasteiger partial charge < -0.3 is 5.32 Å². The lowest BCUT2D eigenvalue weighted by atomic mass is 9.91. The van der Waals surface area contributed by atoms with Crippen LogP contribution in [0.1, 0.15) is 64.2 Å². The van der Waals surface area contributed by atoms with Crippen molar-refractivity contribution in [3.8, 4) is 0 Å². The van der Waals surface area contributed by atoms with Gasteiger partial charge in [-0.25, -0.2) is 15.0 Å². The van der Waals surface area contributed by atoms with E-state index in [-0.39, 0.29) is 0 Å². The summed E-state index contributed by atoms with van der Waals surface area (Å²) < 4.78 is 0. The first-order valence-corrected chi connectivity index (χ1v) is 7.76. The summed E-state index contributed by atoms with van der Waals surface area (Å²) in [5, 5.41) is 3.86. The molecule has 0 aromatic carbocycles. The number of hydrogen-bond donors (Lipinski definition) is 1. The van der Waals surface area contributed by atoms with Crippen LogP contribution in [0.2, 0.25) is 0 Å². The van der Waals surface area contributed by atoms with Gasteiger partial charge in [0, 0.05) is 12.1 Å². The van der Waals surface area contributed by atoms with Crippen LogP contribution < -0.4 is 5.32 Å². The van der Waals surface area contributed by atoms with Gasteiger partial charge in [-0.2, -0.15) is 0 Å². The molecule has 0 unspecified atom stereocenters. The molecule has 3 rings (SSSR count). The standard InChI is InChI=1S/C12H23N.C3H3N3/c1-3-7-11(8-4-1)13-12-9-5-2-6-10-12;1-4-2-6-3-5-1/h11-13H,1-10H2;1-3H. The molecule has 0 bridgehead atoms. The van der Waals surface area contributed by atoms with Gasteiger partial charge in [0.15, 0.2) is 0 Å². The van der Waals surface area contributed by atoms with Crippen LogP contribution in [0.5, 0.6) is 0 Å². The number of hydrogen-bond acceptors (Lipinski definition) is 4. The number of aromatic nitrogens is 3. The Morgan fingerprint density at radius 2 is 0.947 bits per heavy atom. The average Bonchev–Trinajstić information content (AvgIpc) is 2.52. The molecule has 2 aliphatic carbocycles. The molecule has 19 heavy (non-hydrogen) atoms. The van der Waals surface area contributed by atoms with Gasteiger partial charge in [0.2, 0.25) is 0 Å². The summed E-state index contributed by atoms with van der Waals surface area (Å²) in [6, 6.07) is 1.74. The van der Waals surface area contributed by atoms with E-state index in [1.807, 2.05) is 0 Å². The van der Waals surface area contributed by atoms with Gasteiger partial charge in [0.25, 0.3) is 0 Å². The van der Waals surface area contributed by atoms with Crippen molar-refractivity contribution >= 4 is 0 Å². The van der Waals surface area contributed by atoms with Crippen LogP contribution in [0, 0.1) is 0 Å². The quantitative estimate of drug-likeness (QED) is 0.889. The van der Waals surface area contributed by atoms with Crippen molar-refractivity contribution in [1.82, 2.24) is 20.3 Å². The van der Waals surface area contributed by atoms with Gasteiger partial charge in [-0.1, -0.05) is 38.5 Å². The second-order valence-corrected chi connectivity index (χ2v) is 5.63. The fraction of sp³-hybridized carbons (Fsp3) is 0.800. The summed E-state index contributed by atoms with van der Waals surface area (Å²) in [5.74, 6) is 0. The van der Waals surface area contributed by atoms with Crippen molar-refractivity contribution in [3.63, 3.8) is 0 Å². The van der Waals surface area contributed by atoms with Crippen molar-refractivity contribution in [2.45, 2.75) is 76.3 Å². The lowest BCUT2D eigenvalue weighted by Crippen LogP contribution is -2.40. The van der Waals surface area contributed by atoms with E-state index in [4.69, 9.17) is 0 Å². The summed E-state index contributed by atoms with van der Waals surface area (Å²) in [4.78, 5) is 10.7. The van der Waals surface area contributed by atoms with E-state index in [1.54, 1.807) is 0 Å². The van der Waals surface area contributed by atoms with Gasteiger partial charge >= 0.3 is 0 Å². The van der Waals surface area contributed by atoms with E-state index in [0.717, 1.165) is 12.1 Å². The van der Waals surface area contributed by atoms with Crippen molar-refractivity contribution in [1.29, 1.82) is 0 Å². The van der Waals surface area contributed by atoms with Crippen molar-refractivity contribution in [3.05, 3.63) is 19.0 Å². The predicted molar refractivity (Wildman–Crippen MR) is 76.7 cm³/mol. The number of nitrogens with one attached hydrogen (secondary N) is 1. The van der Waals surface area contributed by atoms with Crippen LogP contribution in [0.4, 0.5) is 0 Å². The van der Waals surface area contributed by atoms with Crippen molar-refractivity contribution in [2.24, 2.45) is 0 Å². The van der Waals surface area contributed by atoms with Crippen molar-refractivity contribution < 1.29 is 0 Å². The topological polar surface area (TPSA) is 50.7 Å². The zero-order chi connectivity index (χ0) is 13.2. The molecule has 0 atom stereocenters. The Kier molecular flexibility index (Phi) is 6.79. The van der Waals surface area contributed by atoms with Gasteiger partial charge in [0.05, 0.1) is 0 Å². The molecule has 0 radical (unpaired) electrons. The maximum Gasteiger partial charge on any atom is 0.119 e. The van der Waals surface area contributed by atoms with Crippen molar-refractivity contribution in [2.75, 3.05) is 0 Å². The highest BCUT2D eigenvalue weighted by atomic mass is 15.0. The minimum absolute atomic E-state index is 0.872. The molecule has 1 aromatic rings. The molecule has 0 spiro atoms. The molecule has 0 amide bonds. The third kappa shape index (κ3) is 6.10. The minimum Gasteiger partial charge on any atom is -0.311 e. The summed E-state index contributed by atoms with van der Waals surface area (Å²) in [6.07, 6.45) is 18.9. The van der Waals surface area contributed by atoms with Gasteiger partial charge in [0.1, 0.15) is 19.0 Å². The summed E-state index contributed by atoms with van der Waals surface area (Å²) in [6.45, 7) is 0. The van der Waals surface area contributed by atoms with E-state index < -0.39 is 0 Å². The third-order valence-corrected chi connectivity index (χ3v) is 4.08. The Morgan fingerprint density at radius 3 is 1.26 bits per heavy atom. The van der Waals surface area contributed by atoms with Crippen LogP contribution >= 0.6 is 0 Å². The first-order chi connectivity index (χ1) is 9.45. The first kappa shape index (κ1) is 14.4.